The van der Waals surface area contributed by atoms with Crippen LogP contribution in [0.1, 0.15) is 30.4 Å². The van der Waals surface area contributed by atoms with Crippen molar-refractivity contribution in [1.82, 2.24) is 0 Å². The molecule has 0 saturated carbocycles. The third-order valence-corrected chi connectivity index (χ3v) is 3.64. The van der Waals surface area contributed by atoms with Crippen LogP contribution in [-0.4, -0.2) is 18.2 Å². The highest BCUT2D eigenvalue weighted by Gasteiger charge is 2.24. The van der Waals surface area contributed by atoms with Gasteiger partial charge in [0.15, 0.2) is 0 Å². The van der Waals surface area contributed by atoms with Crippen molar-refractivity contribution in [2.45, 2.75) is 32.1 Å². The Labute approximate surface area is 90.5 Å². The highest BCUT2D eigenvalue weighted by molar-refractivity contribution is 5.66. The number of anilines is 1. The van der Waals surface area contributed by atoms with Gasteiger partial charge in [0.25, 0.3) is 0 Å². The van der Waals surface area contributed by atoms with Crippen molar-refractivity contribution in [3.05, 3.63) is 23.3 Å². The smallest absolute Gasteiger partial charge is 0.120 e. The first-order valence-corrected chi connectivity index (χ1v) is 5.95. The van der Waals surface area contributed by atoms with Gasteiger partial charge < -0.3 is 10.0 Å². The SMILES string of the molecule is Oc1ccc2c3c1CCCN3CCCC2. The molecule has 1 aromatic carbocycles. The molecule has 0 aliphatic carbocycles. The summed E-state index contributed by atoms with van der Waals surface area (Å²) in [5.74, 6) is 0.500. The molecule has 0 fully saturated rings. The molecule has 0 amide bonds. The van der Waals surface area contributed by atoms with E-state index in [-0.39, 0.29) is 0 Å². The van der Waals surface area contributed by atoms with Gasteiger partial charge in [0.05, 0.1) is 0 Å². The summed E-state index contributed by atoms with van der Waals surface area (Å²) >= 11 is 0. The summed E-state index contributed by atoms with van der Waals surface area (Å²) < 4.78 is 0. The summed E-state index contributed by atoms with van der Waals surface area (Å²) in [4.78, 5) is 2.47. The highest BCUT2D eigenvalue weighted by atomic mass is 16.3. The third-order valence-electron chi connectivity index (χ3n) is 3.64. The molecule has 2 heteroatoms. The van der Waals surface area contributed by atoms with Crippen LogP contribution in [0.4, 0.5) is 5.69 Å². The van der Waals surface area contributed by atoms with Crippen LogP contribution in [0.25, 0.3) is 0 Å². The van der Waals surface area contributed by atoms with Gasteiger partial charge in [-0.05, 0) is 43.7 Å². The van der Waals surface area contributed by atoms with E-state index < -0.39 is 0 Å². The Balaban J connectivity index is 2.18. The summed E-state index contributed by atoms with van der Waals surface area (Å²) in [6.07, 6.45) is 5.98. The summed E-state index contributed by atoms with van der Waals surface area (Å²) in [6.45, 7) is 2.34. The van der Waals surface area contributed by atoms with E-state index in [4.69, 9.17) is 0 Å². The van der Waals surface area contributed by atoms with Crippen molar-refractivity contribution in [2.24, 2.45) is 0 Å². The molecule has 15 heavy (non-hydrogen) atoms. The van der Waals surface area contributed by atoms with Crippen LogP contribution < -0.4 is 4.90 Å². The van der Waals surface area contributed by atoms with Crippen LogP contribution in [0.3, 0.4) is 0 Å². The van der Waals surface area contributed by atoms with Gasteiger partial charge in [-0.3, -0.25) is 0 Å². The first kappa shape index (κ1) is 9.08. The Hall–Kier alpha value is -1.18. The van der Waals surface area contributed by atoms with E-state index >= 15 is 0 Å². The predicted octanol–water partition coefficient (Wildman–Crippen LogP) is 2.48. The van der Waals surface area contributed by atoms with Crippen molar-refractivity contribution >= 4 is 5.69 Å². The average Bonchev–Trinajstić information content (AvgIpc) is 2.47. The van der Waals surface area contributed by atoms with Crippen molar-refractivity contribution in [2.75, 3.05) is 18.0 Å². The molecule has 1 aromatic rings. The highest BCUT2D eigenvalue weighted by Crippen LogP contribution is 2.38. The van der Waals surface area contributed by atoms with Crippen LogP contribution in [0.15, 0.2) is 12.1 Å². The fourth-order valence-electron chi connectivity index (χ4n) is 2.92. The lowest BCUT2D eigenvalue weighted by atomic mass is 9.96. The van der Waals surface area contributed by atoms with E-state index in [1.165, 1.54) is 55.6 Å². The maximum absolute atomic E-state index is 9.88. The number of benzene rings is 1. The van der Waals surface area contributed by atoms with Gasteiger partial charge in [-0.25, -0.2) is 0 Å². The molecule has 80 valence electrons. The molecule has 0 bridgehead atoms. The van der Waals surface area contributed by atoms with Crippen LogP contribution >= 0.6 is 0 Å². The Morgan fingerprint density at radius 3 is 2.80 bits per heavy atom. The van der Waals surface area contributed by atoms with Crippen LogP contribution in [0.2, 0.25) is 0 Å². The van der Waals surface area contributed by atoms with Gasteiger partial charge in [0.2, 0.25) is 0 Å². The number of phenols is 1. The minimum Gasteiger partial charge on any atom is -0.508 e. The van der Waals surface area contributed by atoms with Crippen LogP contribution in [0, 0.1) is 0 Å². The quantitative estimate of drug-likeness (QED) is 0.700. The van der Waals surface area contributed by atoms with E-state index in [0.717, 1.165) is 6.42 Å². The van der Waals surface area contributed by atoms with E-state index in [9.17, 15) is 5.11 Å². The zero-order valence-electron chi connectivity index (χ0n) is 9.00. The number of hydrogen-bond acceptors (Lipinski definition) is 2. The lowest BCUT2D eigenvalue weighted by Crippen LogP contribution is -2.30. The van der Waals surface area contributed by atoms with Gasteiger partial charge >= 0.3 is 0 Å². The summed E-state index contributed by atoms with van der Waals surface area (Å²) in [5, 5.41) is 9.88. The van der Waals surface area contributed by atoms with Crippen molar-refractivity contribution in [3.63, 3.8) is 0 Å². The second kappa shape index (κ2) is 3.44. The minimum absolute atomic E-state index is 0.500. The molecule has 2 nitrogen and oxygen atoms in total. The van der Waals surface area contributed by atoms with Crippen LogP contribution in [-0.2, 0) is 12.8 Å². The predicted molar refractivity (Wildman–Crippen MR) is 61.6 cm³/mol. The number of nitrogens with zero attached hydrogens (tertiary/aromatic N) is 1. The van der Waals surface area contributed by atoms with E-state index in [0.29, 0.717) is 5.75 Å². The van der Waals surface area contributed by atoms with Crippen molar-refractivity contribution in [3.8, 4) is 5.75 Å². The maximum Gasteiger partial charge on any atom is 0.120 e. The molecule has 2 heterocycles. The Kier molecular flexibility index (Phi) is 2.08. The molecule has 0 atom stereocenters. The van der Waals surface area contributed by atoms with E-state index in [1.807, 2.05) is 6.07 Å². The largest absolute Gasteiger partial charge is 0.508 e. The van der Waals surface area contributed by atoms with E-state index in [1.54, 1.807) is 0 Å². The van der Waals surface area contributed by atoms with Gasteiger partial charge in [-0.1, -0.05) is 6.07 Å². The Bertz CT molecular complexity index is 386. The minimum atomic E-state index is 0.500. The fraction of sp³-hybridized carbons (Fsp3) is 0.538. The third kappa shape index (κ3) is 1.39. The number of rotatable bonds is 0. The van der Waals surface area contributed by atoms with Crippen LogP contribution in [0.5, 0.6) is 5.75 Å². The standard InChI is InChI=1S/C13H17NO/c15-12-7-6-10-4-1-2-8-14-9-3-5-11(12)13(10)14/h6-7,15H,1-5,8-9H2. The molecule has 0 saturated heterocycles. The van der Waals surface area contributed by atoms with Gasteiger partial charge in [0, 0.05) is 24.3 Å². The topological polar surface area (TPSA) is 23.5 Å². The monoisotopic (exact) mass is 203 g/mol. The average molecular weight is 203 g/mol. The number of hydrogen-bond donors (Lipinski definition) is 1. The zero-order chi connectivity index (χ0) is 10.3. The summed E-state index contributed by atoms with van der Waals surface area (Å²) in [6, 6.07) is 3.99. The summed E-state index contributed by atoms with van der Waals surface area (Å²) in [5.41, 5.74) is 4.00. The zero-order valence-corrected chi connectivity index (χ0v) is 9.00. The number of aryl methyl sites for hydroxylation is 1. The molecular formula is C13H17NO. The molecule has 2 aliphatic rings. The molecule has 3 rings (SSSR count). The second-order valence-electron chi connectivity index (χ2n) is 4.62. The van der Waals surface area contributed by atoms with Gasteiger partial charge in [-0.15, -0.1) is 0 Å². The lowest BCUT2D eigenvalue weighted by molar-refractivity contribution is 0.464. The summed E-state index contributed by atoms with van der Waals surface area (Å²) in [7, 11) is 0. The second-order valence-corrected chi connectivity index (χ2v) is 4.62. The maximum atomic E-state index is 9.88. The first-order chi connectivity index (χ1) is 7.36. The van der Waals surface area contributed by atoms with E-state index in [2.05, 4.69) is 11.0 Å². The fourth-order valence-corrected chi connectivity index (χ4v) is 2.92. The molecule has 1 N–H and O–H groups in total. The van der Waals surface area contributed by atoms with Gasteiger partial charge in [0.1, 0.15) is 5.75 Å². The molecule has 0 aromatic heterocycles. The van der Waals surface area contributed by atoms with Crippen molar-refractivity contribution < 1.29 is 5.11 Å². The first-order valence-electron chi connectivity index (χ1n) is 5.95. The molecule has 0 spiro atoms. The molecule has 2 aliphatic heterocycles. The molecular weight excluding hydrogens is 186 g/mol. The Morgan fingerprint density at radius 2 is 1.87 bits per heavy atom. The normalized spacial score (nSPS) is 19.6. The lowest BCUT2D eigenvalue weighted by Gasteiger charge is -2.32. The van der Waals surface area contributed by atoms with Gasteiger partial charge in [-0.2, -0.15) is 0 Å². The molecule has 0 unspecified atom stereocenters. The Morgan fingerprint density at radius 1 is 1.00 bits per heavy atom. The van der Waals surface area contributed by atoms with Crippen molar-refractivity contribution in [1.29, 1.82) is 0 Å². The number of aromatic hydroxyl groups is 1. The number of phenolic OH excluding ortho intramolecular Hbond substituents is 1. The molecule has 0 radical (unpaired) electrons.